The van der Waals surface area contributed by atoms with Crippen LogP contribution in [-0.2, 0) is 0 Å². The van der Waals surface area contributed by atoms with Crippen LogP contribution in [0.15, 0.2) is 0 Å². The summed E-state index contributed by atoms with van der Waals surface area (Å²) in [5.41, 5.74) is -0.182. The Kier molecular flexibility index (Phi) is 1.31. The maximum Gasteiger partial charge on any atom is 0.0680 e. The van der Waals surface area contributed by atoms with E-state index in [2.05, 4.69) is 6.92 Å². The monoisotopic (exact) mass is 140 g/mol. The van der Waals surface area contributed by atoms with Gasteiger partial charge in [0.15, 0.2) is 0 Å². The molecule has 58 valence electrons. The molecule has 0 saturated heterocycles. The molecule has 0 radical (unpaired) electrons. The molecule has 2 aliphatic carbocycles. The van der Waals surface area contributed by atoms with Gasteiger partial charge in [-0.15, -0.1) is 0 Å². The molecule has 0 unspecified atom stereocenters. The van der Waals surface area contributed by atoms with Gasteiger partial charge in [0, 0.05) is 0 Å². The van der Waals surface area contributed by atoms with E-state index in [1.807, 2.05) is 0 Å². The van der Waals surface area contributed by atoms with E-state index in [1.165, 1.54) is 19.3 Å². The van der Waals surface area contributed by atoms with E-state index in [0.29, 0.717) is 5.92 Å². The first-order valence-electron chi connectivity index (χ1n) is 4.48. The smallest absolute Gasteiger partial charge is 0.0680 e. The summed E-state index contributed by atoms with van der Waals surface area (Å²) in [5, 5.41) is 9.75. The van der Waals surface area contributed by atoms with Crippen molar-refractivity contribution < 1.29 is 5.11 Å². The summed E-state index contributed by atoms with van der Waals surface area (Å²) < 4.78 is 0. The lowest BCUT2D eigenvalue weighted by Gasteiger charge is -2.39. The average molecular weight is 140 g/mol. The van der Waals surface area contributed by atoms with Gasteiger partial charge in [0.1, 0.15) is 0 Å². The van der Waals surface area contributed by atoms with Gasteiger partial charge in [0.2, 0.25) is 0 Å². The van der Waals surface area contributed by atoms with Crippen molar-refractivity contribution in [3.05, 3.63) is 0 Å². The SMILES string of the molecule is CC[C@@H]1CC[C@H]1C1(O)CC1. The third-order valence-corrected chi connectivity index (χ3v) is 3.39. The second kappa shape index (κ2) is 1.97. The van der Waals surface area contributed by atoms with E-state index >= 15 is 0 Å². The first-order valence-corrected chi connectivity index (χ1v) is 4.48. The maximum atomic E-state index is 9.75. The molecule has 2 saturated carbocycles. The van der Waals surface area contributed by atoms with Gasteiger partial charge < -0.3 is 5.11 Å². The van der Waals surface area contributed by atoms with Crippen LogP contribution in [-0.4, -0.2) is 10.7 Å². The van der Waals surface area contributed by atoms with E-state index < -0.39 is 0 Å². The van der Waals surface area contributed by atoms with Crippen molar-refractivity contribution in [1.82, 2.24) is 0 Å². The molecule has 0 aromatic carbocycles. The number of hydrogen-bond acceptors (Lipinski definition) is 1. The minimum absolute atomic E-state index is 0.182. The molecule has 2 rings (SSSR count). The molecule has 0 amide bonds. The molecular weight excluding hydrogens is 124 g/mol. The fourth-order valence-electron chi connectivity index (χ4n) is 2.26. The minimum Gasteiger partial charge on any atom is -0.390 e. The average Bonchev–Trinajstić information content (AvgIpc) is 2.46. The highest BCUT2D eigenvalue weighted by atomic mass is 16.3. The molecule has 1 nitrogen and oxygen atoms in total. The van der Waals surface area contributed by atoms with Crippen molar-refractivity contribution in [3.63, 3.8) is 0 Å². The molecule has 0 aliphatic heterocycles. The molecule has 0 bridgehead atoms. The summed E-state index contributed by atoms with van der Waals surface area (Å²) in [6.07, 6.45) is 6.08. The van der Waals surface area contributed by atoms with Gasteiger partial charge in [-0.3, -0.25) is 0 Å². The largest absolute Gasteiger partial charge is 0.390 e. The standard InChI is InChI=1S/C9H16O/c1-2-7-3-4-8(7)9(10)5-6-9/h7-8,10H,2-6H2,1H3/t7-,8-/m1/s1. The van der Waals surface area contributed by atoms with Gasteiger partial charge in [-0.1, -0.05) is 13.3 Å². The van der Waals surface area contributed by atoms with E-state index in [0.717, 1.165) is 18.8 Å². The van der Waals surface area contributed by atoms with Crippen LogP contribution in [0.5, 0.6) is 0 Å². The molecule has 1 N–H and O–H groups in total. The Labute approximate surface area is 62.4 Å². The Morgan fingerprint density at radius 2 is 2.10 bits per heavy atom. The molecule has 2 fully saturated rings. The quantitative estimate of drug-likeness (QED) is 0.621. The zero-order chi connectivity index (χ0) is 7.19. The fraction of sp³-hybridized carbons (Fsp3) is 1.00. The van der Waals surface area contributed by atoms with Gasteiger partial charge in [-0.2, -0.15) is 0 Å². The van der Waals surface area contributed by atoms with E-state index in [-0.39, 0.29) is 5.60 Å². The first-order chi connectivity index (χ1) is 4.76. The van der Waals surface area contributed by atoms with Gasteiger partial charge in [0.25, 0.3) is 0 Å². The Morgan fingerprint density at radius 3 is 2.40 bits per heavy atom. The Hall–Kier alpha value is -0.0400. The van der Waals surface area contributed by atoms with Crippen LogP contribution in [0, 0.1) is 11.8 Å². The molecule has 0 aromatic rings. The highest BCUT2D eigenvalue weighted by Gasteiger charge is 2.53. The lowest BCUT2D eigenvalue weighted by molar-refractivity contribution is -0.00888. The predicted molar refractivity (Wildman–Crippen MR) is 40.7 cm³/mol. The van der Waals surface area contributed by atoms with Crippen molar-refractivity contribution in [2.75, 3.05) is 0 Å². The van der Waals surface area contributed by atoms with Crippen LogP contribution in [0.3, 0.4) is 0 Å². The second-order valence-corrected chi connectivity index (χ2v) is 3.96. The number of aliphatic hydroxyl groups is 1. The summed E-state index contributed by atoms with van der Waals surface area (Å²) in [5.74, 6) is 1.53. The molecule has 2 atom stereocenters. The third-order valence-electron chi connectivity index (χ3n) is 3.39. The summed E-state index contributed by atoms with van der Waals surface area (Å²) in [6, 6.07) is 0. The van der Waals surface area contributed by atoms with Gasteiger partial charge in [-0.25, -0.2) is 0 Å². The fourth-order valence-corrected chi connectivity index (χ4v) is 2.26. The van der Waals surface area contributed by atoms with Crippen molar-refractivity contribution in [3.8, 4) is 0 Å². The third kappa shape index (κ3) is 0.800. The van der Waals surface area contributed by atoms with Crippen LogP contribution in [0.4, 0.5) is 0 Å². The zero-order valence-electron chi connectivity index (χ0n) is 6.64. The molecular formula is C9H16O. The van der Waals surface area contributed by atoms with E-state index in [1.54, 1.807) is 0 Å². The highest BCUT2D eigenvalue weighted by Crippen LogP contribution is 2.54. The predicted octanol–water partition coefficient (Wildman–Crippen LogP) is 1.95. The molecule has 0 spiro atoms. The molecule has 1 heteroatoms. The molecule has 0 aromatic heterocycles. The van der Waals surface area contributed by atoms with E-state index in [9.17, 15) is 5.11 Å². The molecule has 10 heavy (non-hydrogen) atoms. The summed E-state index contributed by atoms with van der Waals surface area (Å²) in [4.78, 5) is 0. The summed E-state index contributed by atoms with van der Waals surface area (Å²) in [6.45, 7) is 2.24. The van der Waals surface area contributed by atoms with Crippen LogP contribution in [0.25, 0.3) is 0 Å². The Morgan fingerprint density at radius 1 is 1.40 bits per heavy atom. The lowest BCUT2D eigenvalue weighted by Crippen LogP contribution is -2.37. The molecule has 0 heterocycles. The van der Waals surface area contributed by atoms with Crippen molar-refractivity contribution >= 4 is 0 Å². The van der Waals surface area contributed by atoms with Crippen molar-refractivity contribution in [1.29, 1.82) is 0 Å². The normalized spacial score (nSPS) is 42.6. The second-order valence-electron chi connectivity index (χ2n) is 3.96. The van der Waals surface area contributed by atoms with E-state index in [4.69, 9.17) is 0 Å². The van der Waals surface area contributed by atoms with Crippen molar-refractivity contribution in [2.24, 2.45) is 11.8 Å². The van der Waals surface area contributed by atoms with Crippen LogP contribution in [0.2, 0.25) is 0 Å². The lowest BCUT2D eigenvalue weighted by atomic mass is 9.68. The van der Waals surface area contributed by atoms with Gasteiger partial charge in [-0.05, 0) is 37.5 Å². The first kappa shape index (κ1) is 6.66. The van der Waals surface area contributed by atoms with Crippen LogP contribution < -0.4 is 0 Å². The maximum absolute atomic E-state index is 9.75. The number of hydrogen-bond donors (Lipinski definition) is 1. The summed E-state index contributed by atoms with van der Waals surface area (Å²) >= 11 is 0. The zero-order valence-corrected chi connectivity index (χ0v) is 6.64. The summed E-state index contributed by atoms with van der Waals surface area (Å²) in [7, 11) is 0. The van der Waals surface area contributed by atoms with Gasteiger partial charge in [0.05, 0.1) is 5.60 Å². The van der Waals surface area contributed by atoms with Crippen LogP contribution >= 0.6 is 0 Å². The highest BCUT2D eigenvalue weighted by molar-refractivity contribution is 5.04. The topological polar surface area (TPSA) is 20.2 Å². The van der Waals surface area contributed by atoms with Crippen molar-refractivity contribution in [2.45, 2.75) is 44.6 Å². The minimum atomic E-state index is -0.182. The molecule has 2 aliphatic rings. The number of rotatable bonds is 2. The van der Waals surface area contributed by atoms with Gasteiger partial charge >= 0.3 is 0 Å². The Bertz CT molecular complexity index is 136. The van der Waals surface area contributed by atoms with Crippen LogP contribution in [0.1, 0.15) is 39.0 Å². The Balaban J connectivity index is 1.93.